The molecule has 1 aliphatic heterocycles. The Labute approximate surface area is 110 Å². The minimum Gasteiger partial charge on any atom is -0.381 e. The van der Waals surface area contributed by atoms with E-state index in [1.54, 1.807) is 0 Å². The monoisotopic (exact) mass is 261 g/mol. The molecule has 3 rings (SSSR count). The van der Waals surface area contributed by atoms with E-state index >= 15 is 0 Å². The highest BCUT2D eigenvalue weighted by Gasteiger charge is 2.39. The highest BCUT2D eigenvalue weighted by molar-refractivity contribution is 7.09. The molecule has 1 fully saturated rings. The molecule has 0 aliphatic carbocycles. The SMILES string of the molecule is Nc1nc(C2(c3ccccc3)CCOCC2)ns1. The molecule has 0 bridgehead atoms. The molecule has 0 radical (unpaired) electrons. The third kappa shape index (κ3) is 1.89. The van der Waals surface area contributed by atoms with E-state index in [9.17, 15) is 0 Å². The number of ether oxygens (including phenoxy) is 1. The predicted molar refractivity (Wildman–Crippen MR) is 71.6 cm³/mol. The Hall–Kier alpha value is -1.46. The van der Waals surface area contributed by atoms with Gasteiger partial charge < -0.3 is 10.5 Å². The second-order valence-corrected chi connectivity index (χ2v) is 5.30. The van der Waals surface area contributed by atoms with Crippen LogP contribution in [0.1, 0.15) is 24.2 Å². The van der Waals surface area contributed by atoms with Crippen molar-refractivity contribution in [2.24, 2.45) is 0 Å². The molecule has 0 unspecified atom stereocenters. The molecule has 2 N–H and O–H groups in total. The number of nitrogens with zero attached hydrogens (tertiary/aromatic N) is 2. The minimum absolute atomic E-state index is 0.131. The zero-order valence-corrected chi connectivity index (χ0v) is 10.8. The van der Waals surface area contributed by atoms with Crippen LogP contribution in [0.25, 0.3) is 0 Å². The van der Waals surface area contributed by atoms with Crippen LogP contribution < -0.4 is 5.73 Å². The number of aromatic nitrogens is 2. The van der Waals surface area contributed by atoms with Crippen molar-refractivity contribution < 1.29 is 4.74 Å². The van der Waals surface area contributed by atoms with Crippen molar-refractivity contribution >= 4 is 16.7 Å². The summed E-state index contributed by atoms with van der Waals surface area (Å²) in [4.78, 5) is 4.41. The Morgan fingerprint density at radius 2 is 1.89 bits per heavy atom. The molecule has 1 aromatic carbocycles. The highest BCUT2D eigenvalue weighted by Crippen LogP contribution is 2.40. The predicted octanol–water partition coefficient (Wildman–Crippen LogP) is 2.22. The molecule has 1 aliphatic rings. The maximum Gasteiger partial charge on any atom is 0.199 e. The number of anilines is 1. The maximum absolute atomic E-state index is 5.74. The Balaban J connectivity index is 2.09. The van der Waals surface area contributed by atoms with Gasteiger partial charge in [0.2, 0.25) is 0 Å². The summed E-state index contributed by atoms with van der Waals surface area (Å²) < 4.78 is 9.93. The van der Waals surface area contributed by atoms with Gasteiger partial charge in [0.1, 0.15) is 0 Å². The van der Waals surface area contributed by atoms with Crippen LogP contribution in [0.2, 0.25) is 0 Å². The Morgan fingerprint density at radius 3 is 2.50 bits per heavy atom. The molecule has 0 amide bonds. The summed E-state index contributed by atoms with van der Waals surface area (Å²) in [6.45, 7) is 1.49. The standard InChI is InChI=1S/C13H15N3OS/c14-12-15-11(16-18-12)13(6-8-17-9-7-13)10-4-2-1-3-5-10/h1-5H,6-9H2,(H2,14,15,16). The summed E-state index contributed by atoms with van der Waals surface area (Å²) in [7, 11) is 0. The first-order valence-electron chi connectivity index (χ1n) is 6.04. The average molecular weight is 261 g/mol. The molecule has 2 aromatic rings. The zero-order chi connectivity index (χ0) is 12.4. The number of rotatable bonds is 2. The van der Waals surface area contributed by atoms with Crippen LogP contribution in [0.5, 0.6) is 0 Å². The maximum atomic E-state index is 5.74. The average Bonchev–Trinajstić information content (AvgIpc) is 2.88. The van der Waals surface area contributed by atoms with E-state index in [1.807, 2.05) is 6.07 Å². The second kappa shape index (κ2) is 4.66. The van der Waals surface area contributed by atoms with Crippen LogP contribution in [-0.4, -0.2) is 22.6 Å². The molecular formula is C13H15N3OS. The number of hydrogen-bond acceptors (Lipinski definition) is 5. The van der Waals surface area contributed by atoms with Gasteiger partial charge in [-0.05, 0) is 18.4 Å². The number of nitrogens with two attached hydrogens (primary N) is 1. The van der Waals surface area contributed by atoms with Crippen LogP contribution in [0.3, 0.4) is 0 Å². The van der Waals surface area contributed by atoms with E-state index in [0.717, 1.165) is 31.9 Å². The highest BCUT2D eigenvalue weighted by atomic mass is 32.1. The Morgan fingerprint density at radius 1 is 1.17 bits per heavy atom. The Bertz CT molecular complexity index is 520. The molecular weight excluding hydrogens is 246 g/mol. The zero-order valence-electron chi connectivity index (χ0n) is 10.0. The molecule has 0 saturated carbocycles. The lowest BCUT2D eigenvalue weighted by atomic mass is 9.73. The van der Waals surface area contributed by atoms with Gasteiger partial charge in [0.05, 0.1) is 5.41 Å². The van der Waals surface area contributed by atoms with Gasteiger partial charge in [-0.2, -0.15) is 4.37 Å². The molecule has 1 saturated heterocycles. The summed E-state index contributed by atoms with van der Waals surface area (Å²) in [5.41, 5.74) is 6.86. The lowest BCUT2D eigenvalue weighted by Crippen LogP contribution is -2.36. The van der Waals surface area contributed by atoms with E-state index in [1.165, 1.54) is 17.1 Å². The van der Waals surface area contributed by atoms with Crippen molar-refractivity contribution in [1.82, 2.24) is 9.36 Å². The largest absolute Gasteiger partial charge is 0.381 e. The van der Waals surface area contributed by atoms with Gasteiger partial charge >= 0.3 is 0 Å². The number of benzene rings is 1. The van der Waals surface area contributed by atoms with E-state index in [2.05, 4.69) is 33.6 Å². The van der Waals surface area contributed by atoms with Gasteiger partial charge in [-0.15, -0.1) is 0 Å². The van der Waals surface area contributed by atoms with Crippen molar-refractivity contribution in [2.75, 3.05) is 18.9 Å². The van der Waals surface area contributed by atoms with Crippen molar-refractivity contribution in [3.8, 4) is 0 Å². The number of hydrogen-bond donors (Lipinski definition) is 1. The molecule has 5 heteroatoms. The summed E-state index contributed by atoms with van der Waals surface area (Å²) in [5.74, 6) is 0.847. The van der Waals surface area contributed by atoms with Crippen LogP contribution in [0.15, 0.2) is 30.3 Å². The van der Waals surface area contributed by atoms with Crippen molar-refractivity contribution in [3.63, 3.8) is 0 Å². The van der Waals surface area contributed by atoms with Gasteiger partial charge in [-0.1, -0.05) is 30.3 Å². The summed E-state index contributed by atoms with van der Waals surface area (Å²) >= 11 is 1.27. The smallest absolute Gasteiger partial charge is 0.199 e. The molecule has 2 heterocycles. The third-order valence-corrected chi connectivity index (χ3v) is 4.09. The molecule has 18 heavy (non-hydrogen) atoms. The van der Waals surface area contributed by atoms with E-state index in [-0.39, 0.29) is 5.41 Å². The minimum atomic E-state index is -0.131. The van der Waals surface area contributed by atoms with Crippen LogP contribution in [-0.2, 0) is 10.2 Å². The normalized spacial score (nSPS) is 18.7. The molecule has 0 spiro atoms. The molecule has 0 atom stereocenters. The van der Waals surface area contributed by atoms with Gasteiger partial charge in [-0.25, -0.2) is 4.98 Å². The van der Waals surface area contributed by atoms with Gasteiger partial charge in [0, 0.05) is 24.7 Å². The summed E-state index contributed by atoms with van der Waals surface area (Å²) in [6.07, 6.45) is 1.82. The van der Waals surface area contributed by atoms with Crippen LogP contribution in [0, 0.1) is 0 Å². The molecule has 94 valence electrons. The first-order valence-corrected chi connectivity index (χ1v) is 6.81. The lowest BCUT2D eigenvalue weighted by Gasteiger charge is -2.35. The fourth-order valence-corrected chi connectivity index (χ4v) is 3.07. The van der Waals surface area contributed by atoms with Gasteiger partial charge in [0.25, 0.3) is 0 Å². The van der Waals surface area contributed by atoms with E-state index < -0.39 is 0 Å². The molecule has 4 nitrogen and oxygen atoms in total. The molecule has 1 aromatic heterocycles. The summed E-state index contributed by atoms with van der Waals surface area (Å²) in [6, 6.07) is 10.4. The van der Waals surface area contributed by atoms with Crippen molar-refractivity contribution in [3.05, 3.63) is 41.7 Å². The number of nitrogen functional groups attached to an aromatic ring is 1. The van der Waals surface area contributed by atoms with Crippen molar-refractivity contribution in [2.45, 2.75) is 18.3 Å². The second-order valence-electron chi connectivity index (χ2n) is 4.52. The first kappa shape index (κ1) is 11.6. The van der Waals surface area contributed by atoms with Crippen molar-refractivity contribution in [1.29, 1.82) is 0 Å². The topological polar surface area (TPSA) is 61.0 Å². The van der Waals surface area contributed by atoms with E-state index in [4.69, 9.17) is 10.5 Å². The fraction of sp³-hybridized carbons (Fsp3) is 0.385. The lowest BCUT2D eigenvalue weighted by molar-refractivity contribution is 0.0608. The quantitative estimate of drug-likeness (QED) is 0.900. The first-order chi connectivity index (χ1) is 8.81. The third-order valence-electron chi connectivity index (χ3n) is 3.54. The fourth-order valence-electron chi connectivity index (χ4n) is 2.55. The van der Waals surface area contributed by atoms with Crippen LogP contribution >= 0.6 is 11.5 Å². The van der Waals surface area contributed by atoms with Crippen LogP contribution in [0.4, 0.5) is 5.13 Å². The van der Waals surface area contributed by atoms with E-state index in [0.29, 0.717) is 5.13 Å². The van der Waals surface area contributed by atoms with Gasteiger partial charge in [-0.3, -0.25) is 0 Å². The summed E-state index contributed by atoms with van der Waals surface area (Å²) in [5, 5.41) is 0.534. The van der Waals surface area contributed by atoms with Gasteiger partial charge in [0.15, 0.2) is 11.0 Å². The Kier molecular flexibility index (Phi) is 3.01.